The summed E-state index contributed by atoms with van der Waals surface area (Å²) < 4.78 is 5.71. The third kappa shape index (κ3) is 4.10. The number of pyridine rings is 1. The maximum absolute atomic E-state index is 6.01. The predicted octanol–water partition coefficient (Wildman–Crippen LogP) is 3.78. The van der Waals surface area contributed by atoms with Crippen LogP contribution < -0.4 is 4.90 Å². The summed E-state index contributed by atoms with van der Waals surface area (Å²) in [5, 5.41) is 0. The monoisotopic (exact) mass is 296 g/mol. The number of aryl methyl sites for hydroxylation is 1. The minimum absolute atomic E-state index is 0.419. The first-order chi connectivity index (χ1) is 9.76. The first-order valence-electron chi connectivity index (χ1n) is 7.69. The zero-order valence-corrected chi connectivity index (χ0v) is 13.3. The van der Waals surface area contributed by atoms with Crippen LogP contribution in [0.2, 0.25) is 0 Å². The van der Waals surface area contributed by atoms with E-state index in [1.807, 2.05) is 0 Å². The zero-order valence-electron chi connectivity index (χ0n) is 12.6. The standard InChI is InChI=1S/C16H25ClN2O/c1-3-5-14-10-13(12-17)11-16(18-14)19-8-6-15(7-9-19)20-4-2/h10-11,15H,3-9,12H2,1-2H3. The minimum Gasteiger partial charge on any atom is -0.378 e. The van der Waals surface area contributed by atoms with E-state index in [2.05, 4.69) is 30.9 Å². The molecule has 0 N–H and O–H groups in total. The molecule has 0 saturated carbocycles. The van der Waals surface area contributed by atoms with E-state index >= 15 is 0 Å². The molecule has 0 aromatic carbocycles. The lowest BCUT2D eigenvalue weighted by Crippen LogP contribution is -2.37. The Morgan fingerprint density at radius 1 is 1.30 bits per heavy atom. The van der Waals surface area contributed by atoms with Gasteiger partial charge < -0.3 is 9.64 Å². The topological polar surface area (TPSA) is 25.4 Å². The van der Waals surface area contributed by atoms with Gasteiger partial charge in [0, 0.05) is 31.3 Å². The molecule has 1 fully saturated rings. The number of alkyl halides is 1. The number of rotatable bonds is 6. The van der Waals surface area contributed by atoms with Crippen LogP contribution in [0.25, 0.3) is 0 Å². The first-order valence-corrected chi connectivity index (χ1v) is 8.22. The van der Waals surface area contributed by atoms with Gasteiger partial charge in [0.1, 0.15) is 5.82 Å². The van der Waals surface area contributed by atoms with Crippen molar-refractivity contribution in [2.24, 2.45) is 0 Å². The van der Waals surface area contributed by atoms with Crippen molar-refractivity contribution in [1.82, 2.24) is 4.98 Å². The van der Waals surface area contributed by atoms with Crippen LogP contribution in [0.1, 0.15) is 44.4 Å². The Bertz CT molecular complexity index is 417. The fraction of sp³-hybridized carbons (Fsp3) is 0.688. The summed E-state index contributed by atoms with van der Waals surface area (Å²) >= 11 is 6.01. The number of piperidine rings is 1. The highest BCUT2D eigenvalue weighted by molar-refractivity contribution is 6.17. The average molecular weight is 297 g/mol. The molecule has 1 saturated heterocycles. The SMILES string of the molecule is CCCc1cc(CCl)cc(N2CCC(OCC)CC2)n1. The van der Waals surface area contributed by atoms with Gasteiger partial charge in [0.05, 0.1) is 6.10 Å². The van der Waals surface area contributed by atoms with Crippen LogP contribution >= 0.6 is 11.6 Å². The van der Waals surface area contributed by atoms with Gasteiger partial charge >= 0.3 is 0 Å². The number of hydrogen-bond acceptors (Lipinski definition) is 3. The highest BCUT2D eigenvalue weighted by atomic mass is 35.5. The van der Waals surface area contributed by atoms with Gasteiger partial charge in [-0.05, 0) is 43.9 Å². The lowest BCUT2D eigenvalue weighted by molar-refractivity contribution is 0.0458. The van der Waals surface area contributed by atoms with Gasteiger partial charge in [0.25, 0.3) is 0 Å². The Morgan fingerprint density at radius 2 is 2.05 bits per heavy atom. The van der Waals surface area contributed by atoms with Crippen LogP contribution in [0.4, 0.5) is 5.82 Å². The number of anilines is 1. The van der Waals surface area contributed by atoms with Crippen LogP contribution in [0.3, 0.4) is 0 Å². The largest absolute Gasteiger partial charge is 0.378 e. The van der Waals surface area contributed by atoms with E-state index in [0.29, 0.717) is 12.0 Å². The summed E-state index contributed by atoms with van der Waals surface area (Å²) in [6.45, 7) is 7.10. The molecule has 2 heterocycles. The Kier molecular flexibility index (Phi) is 6.11. The van der Waals surface area contributed by atoms with Gasteiger partial charge in [0.15, 0.2) is 0 Å². The van der Waals surface area contributed by atoms with Crippen molar-refractivity contribution in [3.8, 4) is 0 Å². The average Bonchev–Trinajstić information content (AvgIpc) is 2.48. The molecule has 20 heavy (non-hydrogen) atoms. The van der Waals surface area contributed by atoms with Crippen LogP contribution in [0.15, 0.2) is 12.1 Å². The van der Waals surface area contributed by atoms with Crippen molar-refractivity contribution in [3.05, 3.63) is 23.4 Å². The molecule has 0 radical (unpaired) electrons. The number of halogens is 1. The number of nitrogens with zero attached hydrogens (tertiary/aromatic N) is 2. The normalized spacial score (nSPS) is 16.6. The van der Waals surface area contributed by atoms with Crippen molar-refractivity contribution in [1.29, 1.82) is 0 Å². The molecule has 0 aliphatic carbocycles. The smallest absolute Gasteiger partial charge is 0.129 e. The van der Waals surface area contributed by atoms with Gasteiger partial charge in [-0.1, -0.05) is 13.3 Å². The molecule has 1 aromatic heterocycles. The highest BCUT2D eigenvalue weighted by Gasteiger charge is 2.20. The predicted molar refractivity (Wildman–Crippen MR) is 84.7 cm³/mol. The van der Waals surface area contributed by atoms with Gasteiger partial charge in [-0.3, -0.25) is 0 Å². The van der Waals surface area contributed by atoms with E-state index in [1.54, 1.807) is 0 Å². The second-order valence-corrected chi connectivity index (χ2v) is 5.62. The number of hydrogen-bond donors (Lipinski definition) is 0. The summed E-state index contributed by atoms with van der Waals surface area (Å²) in [5.41, 5.74) is 2.33. The summed E-state index contributed by atoms with van der Waals surface area (Å²) in [5.74, 6) is 1.64. The second kappa shape index (κ2) is 7.84. The summed E-state index contributed by atoms with van der Waals surface area (Å²) in [6, 6.07) is 4.26. The second-order valence-electron chi connectivity index (χ2n) is 5.35. The maximum Gasteiger partial charge on any atom is 0.129 e. The lowest BCUT2D eigenvalue weighted by Gasteiger charge is -2.33. The molecule has 4 heteroatoms. The van der Waals surface area contributed by atoms with Gasteiger partial charge in [0.2, 0.25) is 0 Å². The Labute approximate surface area is 127 Å². The van der Waals surface area contributed by atoms with Crippen LogP contribution in [0, 0.1) is 0 Å². The summed E-state index contributed by atoms with van der Waals surface area (Å²) in [4.78, 5) is 7.16. The van der Waals surface area contributed by atoms with Crippen molar-refractivity contribution in [3.63, 3.8) is 0 Å². The van der Waals surface area contributed by atoms with Gasteiger partial charge in [-0.25, -0.2) is 4.98 Å². The van der Waals surface area contributed by atoms with E-state index in [4.69, 9.17) is 21.3 Å². The van der Waals surface area contributed by atoms with E-state index < -0.39 is 0 Å². The van der Waals surface area contributed by atoms with E-state index in [9.17, 15) is 0 Å². The highest BCUT2D eigenvalue weighted by Crippen LogP contribution is 2.22. The number of ether oxygens (including phenoxy) is 1. The molecule has 1 aliphatic heterocycles. The minimum atomic E-state index is 0.419. The summed E-state index contributed by atoms with van der Waals surface area (Å²) in [7, 11) is 0. The molecule has 0 bridgehead atoms. The molecule has 1 aliphatic rings. The Hall–Kier alpha value is -0.800. The van der Waals surface area contributed by atoms with E-state index in [1.165, 1.54) is 5.56 Å². The fourth-order valence-electron chi connectivity index (χ4n) is 2.74. The van der Waals surface area contributed by atoms with Crippen molar-refractivity contribution < 1.29 is 4.74 Å². The van der Waals surface area contributed by atoms with E-state index in [-0.39, 0.29) is 0 Å². The van der Waals surface area contributed by atoms with Crippen molar-refractivity contribution in [2.75, 3.05) is 24.6 Å². The van der Waals surface area contributed by atoms with Crippen molar-refractivity contribution >= 4 is 17.4 Å². The molecule has 1 aromatic rings. The molecule has 2 rings (SSSR count). The molecular formula is C16H25ClN2O. The maximum atomic E-state index is 6.01. The molecule has 0 atom stereocenters. The van der Waals surface area contributed by atoms with Crippen LogP contribution in [-0.2, 0) is 17.0 Å². The zero-order chi connectivity index (χ0) is 14.4. The molecule has 0 unspecified atom stereocenters. The third-order valence-electron chi connectivity index (χ3n) is 3.75. The molecule has 112 valence electrons. The van der Waals surface area contributed by atoms with Crippen LogP contribution in [-0.4, -0.2) is 30.8 Å². The third-order valence-corrected chi connectivity index (χ3v) is 4.06. The van der Waals surface area contributed by atoms with Gasteiger partial charge in [-0.15, -0.1) is 11.6 Å². The molecule has 3 nitrogen and oxygen atoms in total. The summed E-state index contributed by atoms with van der Waals surface area (Å²) in [6.07, 6.45) is 4.73. The van der Waals surface area contributed by atoms with Gasteiger partial charge in [-0.2, -0.15) is 0 Å². The quantitative estimate of drug-likeness (QED) is 0.747. The van der Waals surface area contributed by atoms with Crippen molar-refractivity contribution in [2.45, 2.75) is 51.5 Å². The Morgan fingerprint density at radius 3 is 2.65 bits per heavy atom. The number of aromatic nitrogens is 1. The lowest BCUT2D eigenvalue weighted by atomic mass is 10.1. The van der Waals surface area contributed by atoms with Crippen LogP contribution in [0.5, 0.6) is 0 Å². The fourth-order valence-corrected chi connectivity index (χ4v) is 2.90. The van der Waals surface area contributed by atoms with E-state index in [0.717, 1.165) is 56.9 Å². The molecule has 0 spiro atoms. The first kappa shape index (κ1) is 15.6. The Balaban J connectivity index is 2.06. The molecular weight excluding hydrogens is 272 g/mol. The molecule has 0 amide bonds.